The minimum atomic E-state index is -0.455. The van der Waals surface area contributed by atoms with Crippen molar-refractivity contribution in [3.05, 3.63) is 101 Å². The van der Waals surface area contributed by atoms with E-state index in [1.165, 1.54) is 12.1 Å². The van der Waals surface area contributed by atoms with Crippen LogP contribution in [0.4, 0.5) is 10.1 Å². The predicted molar refractivity (Wildman–Crippen MR) is 115 cm³/mol. The summed E-state index contributed by atoms with van der Waals surface area (Å²) in [4.78, 5) is 28.6. The van der Waals surface area contributed by atoms with Crippen LogP contribution in [0.2, 0.25) is 0 Å². The Morgan fingerprint density at radius 1 is 0.933 bits per heavy atom. The van der Waals surface area contributed by atoms with E-state index in [1.54, 1.807) is 30.3 Å². The first-order valence-corrected chi connectivity index (χ1v) is 9.52. The van der Waals surface area contributed by atoms with Crippen molar-refractivity contribution in [3.8, 4) is 0 Å². The van der Waals surface area contributed by atoms with E-state index in [2.05, 4.69) is 15.6 Å². The SMILES string of the molecule is Cc1cccc(CNC(=O)c2[nH]c3ccc(F)cc3c2NC(=O)c2ccccc2)c1. The van der Waals surface area contributed by atoms with Gasteiger partial charge in [0.15, 0.2) is 0 Å². The molecule has 0 radical (unpaired) electrons. The Labute approximate surface area is 172 Å². The maximum absolute atomic E-state index is 13.9. The quantitative estimate of drug-likeness (QED) is 0.449. The van der Waals surface area contributed by atoms with Gasteiger partial charge < -0.3 is 15.6 Å². The second-order valence-corrected chi connectivity index (χ2v) is 7.06. The fourth-order valence-corrected chi connectivity index (χ4v) is 3.33. The molecule has 30 heavy (non-hydrogen) atoms. The Morgan fingerprint density at radius 2 is 1.73 bits per heavy atom. The topological polar surface area (TPSA) is 74.0 Å². The number of H-pyrrole nitrogens is 1. The molecule has 0 aliphatic rings. The van der Waals surface area contributed by atoms with Gasteiger partial charge in [-0.25, -0.2) is 4.39 Å². The third-order valence-corrected chi connectivity index (χ3v) is 4.80. The lowest BCUT2D eigenvalue weighted by atomic mass is 10.1. The Hall–Kier alpha value is -3.93. The fraction of sp³-hybridized carbons (Fsp3) is 0.0833. The second-order valence-electron chi connectivity index (χ2n) is 7.06. The molecule has 0 fully saturated rings. The van der Waals surface area contributed by atoms with E-state index in [0.29, 0.717) is 23.0 Å². The summed E-state index contributed by atoms with van der Waals surface area (Å²) >= 11 is 0. The molecule has 0 saturated carbocycles. The zero-order valence-electron chi connectivity index (χ0n) is 16.3. The molecule has 150 valence electrons. The van der Waals surface area contributed by atoms with Crippen molar-refractivity contribution in [1.29, 1.82) is 0 Å². The van der Waals surface area contributed by atoms with Gasteiger partial charge in [-0.15, -0.1) is 0 Å². The minimum Gasteiger partial charge on any atom is -0.349 e. The van der Waals surface area contributed by atoms with Crippen molar-refractivity contribution in [3.63, 3.8) is 0 Å². The molecule has 0 unspecified atom stereocenters. The van der Waals surface area contributed by atoms with Gasteiger partial charge in [-0.1, -0.05) is 48.0 Å². The molecular weight excluding hydrogens is 381 g/mol. The number of aromatic amines is 1. The number of halogens is 1. The molecule has 0 aliphatic carbocycles. The highest BCUT2D eigenvalue weighted by atomic mass is 19.1. The molecule has 1 heterocycles. The van der Waals surface area contributed by atoms with Crippen molar-refractivity contribution in [1.82, 2.24) is 10.3 Å². The molecule has 3 N–H and O–H groups in total. The summed E-state index contributed by atoms with van der Waals surface area (Å²) < 4.78 is 13.9. The summed E-state index contributed by atoms with van der Waals surface area (Å²) in [6.45, 7) is 2.31. The summed E-state index contributed by atoms with van der Waals surface area (Å²) in [6, 6.07) is 20.6. The Morgan fingerprint density at radius 3 is 2.50 bits per heavy atom. The number of rotatable bonds is 5. The van der Waals surface area contributed by atoms with Crippen LogP contribution in [0.15, 0.2) is 72.8 Å². The molecule has 2 amide bonds. The molecule has 1 aromatic heterocycles. The predicted octanol–water partition coefficient (Wildman–Crippen LogP) is 4.80. The van der Waals surface area contributed by atoms with E-state index >= 15 is 0 Å². The normalized spacial score (nSPS) is 10.7. The zero-order valence-corrected chi connectivity index (χ0v) is 16.3. The Balaban J connectivity index is 1.65. The van der Waals surface area contributed by atoms with Gasteiger partial charge in [-0.2, -0.15) is 0 Å². The van der Waals surface area contributed by atoms with Gasteiger partial charge >= 0.3 is 0 Å². The highest BCUT2D eigenvalue weighted by Crippen LogP contribution is 2.29. The third-order valence-electron chi connectivity index (χ3n) is 4.80. The third kappa shape index (κ3) is 4.07. The number of benzene rings is 3. The molecule has 0 spiro atoms. The lowest BCUT2D eigenvalue weighted by molar-refractivity contribution is 0.0947. The maximum atomic E-state index is 13.9. The van der Waals surface area contributed by atoms with Crippen LogP contribution < -0.4 is 10.6 Å². The minimum absolute atomic E-state index is 0.174. The van der Waals surface area contributed by atoms with Gasteiger partial charge in [-0.3, -0.25) is 9.59 Å². The first-order valence-electron chi connectivity index (χ1n) is 9.52. The molecule has 0 bridgehead atoms. The van der Waals surface area contributed by atoms with Crippen molar-refractivity contribution in [2.75, 3.05) is 5.32 Å². The number of hydrogen-bond donors (Lipinski definition) is 3. The van der Waals surface area contributed by atoms with Crippen molar-refractivity contribution < 1.29 is 14.0 Å². The standard InChI is InChI=1S/C24H20FN3O2/c1-15-6-5-7-16(12-15)14-26-24(30)22-21(19-13-18(25)10-11-20(19)27-22)28-23(29)17-8-3-2-4-9-17/h2-13,27H,14H2,1H3,(H,26,30)(H,28,29). The molecular formula is C24H20FN3O2. The molecule has 4 aromatic rings. The zero-order chi connectivity index (χ0) is 21.1. The van der Waals surface area contributed by atoms with Crippen LogP contribution in [0.1, 0.15) is 32.0 Å². The van der Waals surface area contributed by atoms with E-state index in [0.717, 1.165) is 11.1 Å². The number of nitrogens with one attached hydrogen (secondary N) is 3. The van der Waals surface area contributed by atoms with Gasteiger partial charge in [0.2, 0.25) is 0 Å². The van der Waals surface area contributed by atoms with Gasteiger partial charge in [0.25, 0.3) is 11.8 Å². The van der Waals surface area contributed by atoms with Gasteiger partial charge in [0, 0.05) is 23.0 Å². The Bertz CT molecular complexity index is 1230. The van der Waals surface area contributed by atoms with Crippen LogP contribution in [0.3, 0.4) is 0 Å². The number of carbonyl (C=O) groups is 2. The molecule has 5 nitrogen and oxygen atoms in total. The second kappa shape index (κ2) is 8.21. The highest BCUT2D eigenvalue weighted by Gasteiger charge is 2.20. The van der Waals surface area contributed by atoms with Gasteiger partial charge in [0.05, 0.1) is 5.69 Å². The smallest absolute Gasteiger partial charge is 0.270 e. The average molecular weight is 401 g/mol. The molecule has 0 saturated heterocycles. The molecule has 0 atom stereocenters. The van der Waals surface area contributed by atoms with Gasteiger partial charge in [-0.05, 0) is 42.8 Å². The van der Waals surface area contributed by atoms with E-state index in [9.17, 15) is 14.0 Å². The Kier molecular flexibility index (Phi) is 5.30. The van der Waals surface area contributed by atoms with Crippen LogP contribution in [0.5, 0.6) is 0 Å². The van der Waals surface area contributed by atoms with Crippen LogP contribution in [0.25, 0.3) is 10.9 Å². The highest BCUT2D eigenvalue weighted by molar-refractivity contribution is 6.15. The maximum Gasteiger partial charge on any atom is 0.270 e. The van der Waals surface area contributed by atoms with Crippen LogP contribution in [0, 0.1) is 12.7 Å². The first-order chi connectivity index (χ1) is 14.5. The van der Waals surface area contributed by atoms with E-state index < -0.39 is 11.7 Å². The molecule has 4 rings (SSSR count). The number of hydrogen-bond acceptors (Lipinski definition) is 2. The summed E-state index contributed by atoms with van der Waals surface area (Å²) in [5, 5.41) is 6.05. The van der Waals surface area contributed by atoms with E-state index in [-0.39, 0.29) is 17.3 Å². The van der Waals surface area contributed by atoms with Gasteiger partial charge in [0.1, 0.15) is 11.5 Å². The molecule has 3 aromatic carbocycles. The lowest BCUT2D eigenvalue weighted by Crippen LogP contribution is -2.25. The number of carbonyl (C=O) groups excluding carboxylic acids is 2. The van der Waals surface area contributed by atoms with E-state index in [4.69, 9.17) is 0 Å². The monoisotopic (exact) mass is 401 g/mol. The summed E-state index contributed by atoms with van der Waals surface area (Å²) in [5.41, 5.74) is 3.47. The number of amides is 2. The van der Waals surface area contributed by atoms with Crippen LogP contribution in [-0.4, -0.2) is 16.8 Å². The first kappa shape index (κ1) is 19.4. The summed E-state index contributed by atoms with van der Waals surface area (Å²) in [7, 11) is 0. The van der Waals surface area contributed by atoms with Crippen LogP contribution in [-0.2, 0) is 6.54 Å². The number of fused-ring (bicyclic) bond motifs is 1. The largest absolute Gasteiger partial charge is 0.349 e. The van der Waals surface area contributed by atoms with Crippen molar-refractivity contribution in [2.45, 2.75) is 13.5 Å². The molecule has 0 aliphatic heterocycles. The summed E-state index contributed by atoms with van der Waals surface area (Å²) in [5.74, 6) is -1.23. The summed E-state index contributed by atoms with van der Waals surface area (Å²) in [6.07, 6.45) is 0. The average Bonchev–Trinajstić information content (AvgIpc) is 3.10. The van der Waals surface area contributed by atoms with E-state index in [1.807, 2.05) is 37.3 Å². The molecule has 6 heteroatoms. The van der Waals surface area contributed by atoms with Crippen molar-refractivity contribution in [2.24, 2.45) is 0 Å². The lowest BCUT2D eigenvalue weighted by Gasteiger charge is -2.09. The van der Waals surface area contributed by atoms with Crippen molar-refractivity contribution >= 4 is 28.4 Å². The number of anilines is 1. The van der Waals surface area contributed by atoms with Crippen LogP contribution >= 0.6 is 0 Å². The number of aromatic nitrogens is 1. The fourth-order valence-electron chi connectivity index (χ4n) is 3.33. The number of aryl methyl sites for hydroxylation is 1.